The van der Waals surface area contributed by atoms with E-state index in [9.17, 15) is 0 Å². The molecule has 2 nitrogen and oxygen atoms in total. The molecule has 1 aliphatic heterocycles. The summed E-state index contributed by atoms with van der Waals surface area (Å²) in [5.41, 5.74) is 2.59. The molecule has 2 aromatic rings. The highest BCUT2D eigenvalue weighted by Gasteiger charge is 2.30. The number of hydrogen-bond acceptors (Lipinski definition) is 2. The Hall–Kier alpha value is -1.10. The molecular weight excluding hydrogens is 308 g/mol. The Balaban J connectivity index is 2.06. The second-order valence-electron chi connectivity index (χ2n) is 4.75. The maximum atomic E-state index is 6.01. The van der Waals surface area contributed by atoms with Crippen LogP contribution in [0.5, 0.6) is 0 Å². The second-order valence-corrected chi connectivity index (χ2v) is 6.58. The lowest BCUT2D eigenvalue weighted by molar-refractivity contribution is 0.339. The smallest absolute Gasteiger partial charge is 0.169 e. The molecule has 1 aromatic carbocycles. The Morgan fingerprint density at radius 2 is 2.10 bits per heavy atom. The summed E-state index contributed by atoms with van der Waals surface area (Å²) in [5.74, 6) is 0. The Bertz CT molecular complexity index is 621. The molecule has 1 N–H and O–H groups in total. The summed E-state index contributed by atoms with van der Waals surface area (Å²) in [6.07, 6.45) is 1.05. The zero-order valence-electron chi connectivity index (χ0n) is 11.1. The normalized spacial score (nSPS) is 17.7. The van der Waals surface area contributed by atoms with Gasteiger partial charge in [-0.1, -0.05) is 23.7 Å². The molecule has 0 aliphatic carbocycles. The van der Waals surface area contributed by atoms with Crippen LogP contribution in [-0.2, 0) is 6.42 Å². The first-order valence-corrected chi connectivity index (χ1v) is 8.17. The van der Waals surface area contributed by atoms with Gasteiger partial charge in [0.05, 0.1) is 6.04 Å². The molecule has 0 saturated heterocycles. The first kappa shape index (κ1) is 13.9. The number of nitrogens with zero attached hydrogens (tertiary/aromatic N) is 1. The molecular formula is C15H15ClN2S2. The third-order valence-corrected chi connectivity index (χ3v) is 5.31. The lowest BCUT2D eigenvalue weighted by Gasteiger charge is -2.37. The lowest BCUT2D eigenvalue weighted by atomic mass is 9.94. The van der Waals surface area contributed by atoms with E-state index in [0.29, 0.717) is 0 Å². The Morgan fingerprint density at radius 3 is 2.80 bits per heavy atom. The lowest BCUT2D eigenvalue weighted by Crippen LogP contribution is -2.44. The van der Waals surface area contributed by atoms with E-state index in [1.54, 1.807) is 0 Å². The van der Waals surface area contributed by atoms with Gasteiger partial charge < -0.3 is 10.2 Å². The maximum Gasteiger partial charge on any atom is 0.169 e. The van der Waals surface area contributed by atoms with Crippen LogP contribution in [-0.4, -0.2) is 23.6 Å². The standard InChI is InChI=1S/C15H15ClN2S2/c1-17-15(19)18-8-6-13-12(7-9-20-13)14(18)10-2-4-11(16)5-3-10/h2-5,7,9,14H,6,8H2,1H3,(H,17,19)/t14-/m1/s1. The molecule has 0 saturated carbocycles. The summed E-state index contributed by atoms with van der Waals surface area (Å²) in [5, 5.41) is 6.82. The number of hydrogen-bond donors (Lipinski definition) is 1. The van der Waals surface area contributed by atoms with Gasteiger partial charge in [-0.2, -0.15) is 0 Å². The van der Waals surface area contributed by atoms with Crippen molar-refractivity contribution in [1.82, 2.24) is 10.2 Å². The molecule has 0 spiro atoms. The van der Waals surface area contributed by atoms with Gasteiger partial charge in [0.2, 0.25) is 0 Å². The van der Waals surface area contributed by atoms with Crippen LogP contribution < -0.4 is 5.32 Å². The predicted octanol–water partition coefficient (Wildman–Crippen LogP) is 3.85. The van der Waals surface area contributed by atoms with Crippen LogP contribution >= 0.6 is 35.2 Å². The Kier molecular flexibility index (Phi) is 3.96. The van der Waals surface area contributed by atoms with Gasteiger partial charge >= 0.3 is 0 Å². The monoisotopic (exact) mass is 322 g/mol. The molecule has 0 bridgehead atoms. The van der Waals surface area contributed by atoms with E-state index in [4.69, 9.17) is 23.8 Å². The molecule has 3 rings (SSSR count). The Morgan fingerprint density at radius 1 is 1.35 bits per heavy atom. The maximum absolute atomic E-state index is 6.01. The van der Waals surface area contributed by atoms with Crippen molar-refractivity contribution < 1.29 is 0 Å². The van der Waals surface area contributed by atoms with Crippen LogP contribution in [0, 0.1) is 0 Å². The summed E-state index contributed by atoms with van der Waals surface area (Å²) < 4.78 is 0. The highest BCUT2D eigenvalue weighted by Crippen LogP contribution is 2.37. The van der Waals surface area contributed by atoms with Crippen molar-refractivity contribution in [2.24, 2.45) is 0 Å². The molecule has 104 valence electrons. The Labute approximate surface area is 133 Å². The van der Waals surface area contributed by atoms with Crippen molar-refractivity contribution in [3.05, 3.63) is 56.7 Å². The number of nitrogens with one attached hydrogen (secondary N) is 1. The number of rotatable bonds is 1. The van der Waals surface area contributed by atoms with Gasteiger partial charge in [-0.15, -0.1) is 11.3 Å². The minimum atomic E-state index is 0.183. The number of thiophene rings is 1. The number of halogens is 1. The topological polar surface area (TPSA) is 15.3 Å². The number of fused-ring (bicyclic) bond motifs is 1. The van der Waals surface area contributed by atoms with E-state index in [1.165, 1.54) is 16.0 Å². The van der Waals surface area contributed by atoms with Crippen LogP contribution in [0.1, 0.15) is 22.0 Å². The van der Waals surface area contributed by atoms with Crippen molar-refractivity contribution in [2.45, 2.75) is 12.5 Å². The molecule has 1 aromatic heterocycles. The van der Waals surface area contributed by atoms with Crippen LogP contribution in [0.15, 0.2) is 35.7 Å². The molecule has 5 heteroatoms. The van der Waals surface area contributed by atoms with E-state index < -0.39 is 0 Å². The fourth-order valence-electron chi connectivity index (χ4n) is 2.68. The van der Waals surface area contributed by atoms with Crippen LogP contribution in [0.4, 0.5) is 0 Å². The third kappa shape index (κ3) is 2.43. The number of benzene rings is 1. The fourth-order valence-corrected chi connectivity index (χ4v) is 3.91. The summed E-state index contributed by atoms with van der Waals surface area (Å²) in [6.45, 7) is 0.945. The predicted molar refractivity (Wildman–Crippen MR) is 89.7 cm³/mol. The summed E-state index contributed by atoms with van der Waals surface area (Å²) in [6, 6.07) is 10.5. The van der Waals surface area contributed by atoms with E-state index in [1.807, 2.05) is 30.5 Å². The molecule has 0 radical (unpaired) electrons. The van der Waals surface area contributed by atoms with Gasteiger partial charge in [-0.25, -0.2) is 0 Å². The van der Waals surface area contributed by atoms with Crippen molar-refractivity contribution in [3.8, 4) is 0 Å². The van der Waals surface area contributed by atoms with Gasteiger partial charge in [0.25, 0.3) is 0 Å². The average Bonchev–Trinajstić information content (AvgIpc) is 2.95. The van der Waals surface area contributed by atoms with Gasteiger partial charge in [0, 0.05) is 23.5 Å². The minimum Gasteiger partial charge on any atom is -0.366 e. The van der Waals surface area contributed by atoms with Gasteiger partial charge in [0.1, 0.15) is 0 Å². The zero-order chi connectivity index (χ0) is 14.1. The van der Waals surface area contributed by atoms with E-state index in [0.717, 1.165) is 23.1 Å². The van der Waals surface area contributed by atoms with Crippen LogP contribution in [0.2, 0.25) is 5.02 Å². The molecule has 1 aliphatic rings. The summed E-state index contributed by atoms with van der Waals surface area (Å²) >= 11 is 13.3. The number of thiocarbonyl (C=S) groups is 1. The summed E-state index contributed by atoms with van der Waals surface area (Å²) in [4.78, 5) is 3.72. The molecule has 0 fully saturated rings. The van der Waals surface area contributed by atoms with Crippen LogP contribution in [0.3, 0.4) is 0 Å². The highest BCUT2D eigenvalue weighted by molar-refractivity contribution is 7.80. The van der Waals surface area contributed by atoms with Crippen molar-refractivity contribution in [2.75, 3.05) is 13.6 Å². The van der Waals surface area contributed by atoms with E-state index in [2.05, 4.69) is 33.8 Å². The third-order valence-electron chi connectivity index (χ3n) is 3.63. The van der Waals surface area contributed by atoms with E-state index in [-0.39, 0.29) is 6.04 Å². The highest BCUT2D eigenvalue weighted by atomic mass is 35.5. The molecule has 2 heterocycles. The quantitative estimate of drug-likeness (QED) is 0.803. The van der Waals surface area contributed by atoms with Crippen LogP contribution in [0.25, 0.3) is 0 Å². The van der Waals surface area contributed by atoms with Crippen molar-refractivity contribution in [1.29, 1.82) is 0 Å². The fraction of sp³-hybridized carbons (Fsp3) is 0.267. The first-order valence-electron chi connectivity index (χ1n) is 6.51. The molecule has 1 atom stereocenters. The molecule has 20 heavy (non-hydrogen) atoms. The zero-order valence-corrected chi connectivity index (χ0v) is 13.5. The van der Waals surface area contributed by atoms with Gasteiger partial charge in [-0.3, -0.25) is 0 Å². The van der Waals surface area contributed by atoms with Gasteiger partial charge in [0.15, 0.2) is 5.11 Å². The second kappa shape index (κ2) is 5.72. The van der Waals surface area contributed by atoms with Crippen molar-refractivity contribution in [3.63, 3.8) is 0 Å². The first-order chi connectivity index (χ1) is 9.70. The minimum absolute atomic E-state index is 0.183. The average molecular weight is 323 g/mol. The van der Waals surface area contributed by atoms with Gasteiger partial charge in [-0.05, 0) is 53.3 Å². The van der Waals surface area contributed by atoms with Crippen molar-refractivity contribution >= 4 is 40.3 Å². The summed E-state index contributed by atoms with van der Waals surface area (Å²) in [7, 11) is 1.88. The largest absolute Gasteiger partial charge is 0.366 e. The molecule has 0 amide bonds. The SMILES string of the molecule is CNC(=S)N1CCc2sccc2[C@H]1c1ccc(Cl)cc1. The molecule has 0 unspecified atom stereocenters. The van der Waals surface area contributed by atoms with E-state index >= 15 is 0 Å².